The molecule has 1 N–H and O–H groups in total. The number of carbonyl (C=O) groups excluding carboxylic acids is 1. The standard InChI is InChI=1S/C14H10Br2ClNO/c15-8-9-4-6-10(7-5-9)14(19)18-12-3-1-2-11(17)13(12)16/h1-7H,8H2,(H,18,19). The van der Waals surface area contributed by atoms with Crippen molar-refractivity contribution in [2.45, 2.75) is 5.33 Å². The number of halogens is 3. The third-order valence-electron chi connectivity index (χ3n) is 2.57. The van der Waals surface area contributed by atoms with Crippen LogP contribution in [0.25, 0.3) is 0 Å². The maximum atomic E-state index is 12.1. The molecule has 0 atom stereocenters. The summed E-state index contributed by atoms with van der Waals surface area (Å²) in [5.41, 5.74) is 2.39. The molecule has 19 heavy (non-hydrogen) atoms. The molecule has 0 spiro atoms. The Morgan fingerprint density at radius 3 is 2.47 bits per heavy atom. The van der Waals surface area contributed by atoms with Crippen LogP contribution in [-0.2, 0) is 5.33 Å². The monoisotopic (exact) mass is 401 g/mol. The van der Waals surface area contributed by atoms with Gasteiger partial charge in [0.15, 0.2) is 0 Å². The van der Waals surface area contributed by atoms with Crippen molar-refractivity contribution in [1.82, 2.24) is 0 Å². The molecule has 5 heteroatoms. The first-order valence-corrected chi connectivity index (χ1v) is 7.81. The zero-order valence-electron chi connectivity index (χ0n) is 9.79. The lowest BCUT2D eigenvalue weighted by atomic mass is 10.1. The number of anilines is 1. The molecular weight excluding hydrogens is 393 g/mol. The average Bonchev–Trinajstić information content (AvgIpc) is 2.44. The highest BCUT2D eigenvalue weighted by molar-refractivity contribution is 9.10. The van der Waals surface area contributed by atoms with Crippen LogP contribution in [0, 0.1) is 0 Å². The summed E-state index contributed by atoms with van der Waals surface area (Å²) in [7, 11) is 0. The van der Waals surface area contributed by atoms with E-state index in [9.17, 15) is 4.79 Å². The Labute approximate surface area is 133 Å². The molecule has 2 nitrogen and oxygen atoms in total. The minimum absolute atomic E-state index is 0.163. The van der Waals surface area contributed by atoms with Gasteiger partial charge in [0.2, 0.25) is 0 Å². The van der Waals surface area contributed by atoms with E-state index in [-0.39, 0.29) is 5.91 Å². The lowest BCUT2D eigenvalue weighted by molar-refractivity contribution is 0.102. The lowest BCUT2D eigenvalue weighted by Gasteiger charge is -2.08. The van der Waals surface area contributed by atoms with Crippen molar-refractivity contribution in [2.75, 3.05) is 5.32 Å². The molecule has 2 rings (SSSR count). The van der Waals surface area contributed by atoms with Gasteiger partial charge in [0.1, 0.15) is 0 Å². The van der Waals surface area contributed by atoms with Crippen LogP contribution >= 0.6 is 43.5 Å². The van der Waals surface area contributed by atoms with Gasteiger partial charge in [0, 0.05) is 10.9 Å². The first kappa shape index (κ1) is 14.6. The molecule has 0 bridgehead atoms. The quantitative estimate of drug-likeness (QED) is 0.697. The fraction of sp³-hybridized carbons (Fsp3) is 0.0714. The van der Waals surface area contributed by atoms with Gasteiger partial charge < -0.3 is 5.32 Å². The number of nitrogens with one attached hydrogen (secondary N) is 1. The summed E-state index contributed by atoms with van der Waals surface area (Å²) < 4.78 is 0.682. The van der Waals surface area contributed by atoms with Crippen LogP contribution in [0.2, 0.25) is 5.02 Å². The van der Waals surface area contributed by atoms with Gasteiger partial charge in [-0.25, -0.2) is 0 Å². The molecule has 0 saturated carbocycles. The average molecular weight is 404 g/mol. The molecule has 0 aliphatic carbocycles. The first-order valence-electron chi connectivity index (χ1n) is 5.52. The van der Waals surface area contributed by atoms with Crippen LogP contribution in [0.1, 0.15) is 15.9 Å². The highest BCUT2D eigenvalue weighted by atomic mass is 79.9. The molecule has 0 saturated heterocycles. The fourth-order valence-electron chi connectivity index (χ4n) is 1.54. The van der Waals surface area contributed by atoms with Gasteiger partial charge in [-0.05, 0) is 45.8 Å². The largest absolute Gasteiger partial charge is 0.321 e. The molecule has 2 aromatic rings. The maximum absolute atomic E-state index is 12.1. The van der Waals surface area contributed by atoms with Crippen molar-refractivity contribution in [2.24, 2.45) is 0 Å². The number of alkyl halides is 1. The van der Waals surface area contributed by atoms with Crippen molar-refractivity contribution >= 4 is 55.1 Å². The number of hydrogen-bond donors (Lipinski definition) is 1. The van der Waals surface area contributed by atoms with Gasteiger partial charge >= 0.3 is 0 Å². The van der Waals surface area contributed by atoms with Crippen LogP contribution < -0.4 is 5.32 Å². The van der Waals surface area contributed by atoms with Gasteiger partial charge in [-0.15, -0.1) is 0 Å². The summed E-state index contributed by atoms with van der Waals surface area (Å²) in [6.45, 7) is 0. The zero-order chi connectivity index (χ0) is 13.8. The molecule has 0 aromatic heterocycles. The van der Waals surface area contributed by atoms with Crippen molar-refractivity contribution < 1.29 is 4.79 Å². The Bertz CT molecular complexity index is 599. The first-order chi connectivity index (χ1) is 9.11. The SMILES string of the molecule is O=C(Nc1cccc(Cl)c1Br)c1ccc(CBr)cc1. The molecule has 98 valence electrons. The summed E-state index contributed by atoms with van der Waals surface area (Å²) in [6.07, 6.45) is 0. The summed E-state index contributed by atoms with van der Waals surface area (Å²) in [4.78, 5) is 12.1. The number of hydrogen-bond acceptors (Lipinski definition) is 1. The predicted molar refractivity (Wildman–Crippen MR) is 86.2 cm³/mol. The van der Waals surface area contributed by atoms with E-state index in [1.54, 1.807) is 30.3 Å². The molecule has 0 aliphatic rings. The number of rotatable bonds is 3. The number of carbonyl (C=O) groups is 1. The molecule has 2 aromatic carbocycles. The molecular formula is C14H10Br2ClNO. The van der Waals surface area contributed by atoms with Gasteiger partial charge in [-0.1, -0.05) is 45.7 Å². The van der Waals surface area contributed by atoms with E-state index in [0.717, 1.165) is 10.9 Å². The third kappa shape index (κ3) is 3.59. The second-order valence-corrected chi connectivity index (χ2v) is 5.65. The molecule has 0 aliphatic heterocycles. The minimum atomic E-state index is -0.163. The van der Waals surface area contributed by atoms with E-state index >= 15 is 0 Å². The Balaban J connectivity index is 2.18. The van der Waals surface area contributed by atoms with Gasteiger partial charge in [-0.3, -0.25) is 4.79 Å². The Morgan fingerprint density at radius 1 is 1.16 bits per heavy atom. The van der Waals surface area contributed by atoms with E-state index in [1.165, 1.54) is 0 Å². The Kier molecular flexibility index (Phi) is 5.02. The number of amides is 1. The predicted octanol–water partition coefficient (Wildman–Crippen LogP) is 5.25. The van der Waals surface area contributed by atoms with Crippen LogP contribution in [0.3, 0.4) is 0 Å². The fourth-order valence-corrected chi connectivity index (χ4v) is 2.45. The van der Waals surface area contributed by atoms with Crippen molar-refractivity contribution in [3.63, 3.8) is 0 Å². The normalized spacial score (nSPS) is 10.3. The summed E-state index contributed by atoms with van der Waals surface area (Å²) in [6, 6.07) is 12.8. The van der Waals surface area contributed by atoms with Crippen LogP contribution in [0.5, 0.6) is 0 Å². The summed E-state index contributed by atoms with van der Waals surface area (Å²) in [5.74, 6) is -0.163. The van der Waals surface area contributed by atoms with Crippen molar-refractivity contribution in [1.29, 1.82) is 0 Å². The van der Waals surface area contributed by atoms with Crippen LogP contribution in [0.15, 0.2) is 46.9 Å². The number of benzene rings is 2. The molecule has 0 heterocycles. The Hall–Kier alpha value is -0.840. The van der Waals surface area contributed by atoms with E-state index in [2.05, 4.69) is 37.2 Å². The van der Waals surface area contributed by atoms with Crippen LogP contribution in [0.4, 0.5) is 5.69 Å². The highest BCUT2D eigenvalue weighted by Gasteiger charge is 2.09. The summed E-state index contributed by atoms with van der Waals surface area (Å²) >= 11 is 12.7. The second kappa shape index (κ2) is 6.55. The minimum Gasteiger partial charge on any atom is -0.321 e. The molecule has 0 radical (unpaired) electrons. The lowest BCUT2D eigenvalue weighted by Crippen LogP contribution is -2.12. The molecule has 1 amide bonds. The van der Waals surface area contributed by atoms with Gasteiger partial charge in [0.25, 0.3) is 5.91 Å². The highest BCUT2D eigenvalue weighted by Crippen LogP contribution is 2.30. The second-order valence-electron chi connectivity index (χ2n) is 3.89. The topological polar surface area (TPSA) is 29.1 Å². The molecule has 0 fully saturated rings. The zero-order valence-corrected chi connectivity index (χ0v) is 13.7. The smallest absolute Gasteiger partial charge is 0.255 e. The molecule has 0 unspecified atom stereocenters. The Morgan fingerprint density at radius 2 is 1.84 bits per heavy atom. The van der Waals surface area contributed by atoms with E-state index < -0.39 is 0 Å². The van der Waals surface area contributed by atoms with E-state index in [1.807, 2.05) is 12.1 Å². The van der Waals surface area contributed by atoms with Gasteiger partial charge in [0.05, 0.1) is 15.2 Å². The van der Waals surface area contributed by atoms with E-state index in [4.69, 9.17) is 11.6 Å². The van der Waals surface area contributed by atoms with Gasteiger partial charge in [-0.2, -0.15) is 0 Å². The van der Waals surface area contributed by atoms with Crippen LogP contribution in [-0.4, -0.2) is 5.91 Å². The van der Waals surface area contributed by atoms with Crippen molar-refractivity contribution in [3.05, 3.63) is 63.1 Å². The van der Waals surface area contributed by atoms with Crippen molar-refractivity contribution in [3.8, 4) is 0 Å². The maximum Gasteiger partial charge on any atom is 0.255 e. The summed E-state index contributed by atoms with van der Waals surface area (Å²) in [5, 5.41) is 4.16. The third-order valence-corrected chi connectivity index (χ3v) is 4.62. The van der Waals surface area contributed by atoms with E-state index in [0.29, 0.717) is 20.7 Å².